The average Bonchev–Trinajstić information content (AvgIpc) is 2.99. The van der Waals surface area contributed by atoms with Gasteiger partial charge in [0.25, 0.3) is 0 Å². The molecule has 7 heteroatoms. The Labute approximate surface area is 142 Å². The van der Waals surface area contributed by atoms with Crippen LogP contribution in [0.5, 0.6) is 5.75 Å². The molecule has 23 heavy (non-hydrogen) atoms. The third kappa shape index (κ3) is 3.66. The number of nitrogens with zero attached hydrogens (tertiary/aromatic N) is 2. The van der Waals surface area contributed by atoms with E-state index in [1.807, 2.05) is 31.2 Å². The maximum Gasteiger partial charge on any atom is 0.164 e. The zero-order valence-corrected chi connectivity index (χ0v) is 15.1. The van der Waals surface area contributed by atoms with E-state index >= 15 is 0 Å². The zero-order chi connectivity index (χ0) is 16.4. The van der Waals surface area contributed by atoms with E-state index < -0.39 is 9.84 Å². The number of anilines is 1. The maximum absolute atomic E-state index is 11.7. The van der Waals surface area contributed by atoms with Crippen molar-refractivity contribution in [2.75, 3.05) is 29.6 Å². The van der Waals surface area contributed by atoms with Crippen LogP contribution >= 0.6 is 11.8 Å². The molecule has 2 aliphatic rings. The fourth-order valence-corrected chi connectivity index (χ4v) is 6.73. The highest BCUT2D eigenvalue weighted by molar-refractivity contribution is 8.15. The maximum atomic E-state index is 11.7. The van der Waals surface area contributed by atoms with Gasteiger partial charge in [-0.25, -0.2) is 8.42 Å². The first-order valence-electron chi connectivity index (χ1n) is 7.97. The summed E-state index contributed by atoms with van der Waals surface area (Å²) >= 11 is 1.61. The van der Waals surface area contributed by atoms with Crippen molar-refractivity contribution in [3.8, 4) is 5.75 Å². The van der Waals surface area contributed by atoms with Crippen LogP contribution in [0.1, 0.15) is 20.3 Å². The Morgan fingerprint density at radius 1 is 1.26 bits per heavy atom. The number of fused-ring (bicyclic) bond motifs is 1. The average molecular weight is 354 g/mol. The summed E-state index contributed by atoms with van der Waals surface area (Å²) in [5, 5.41) is 1.03. The highest BCUT2D eigenvalue weighted by Gasteiger charge is 2.43. The van der Waals surface area contributed by atoms with Gasteiger partial charge < -0.3 is 9.64 Å². The van der Waals surface area contributed by atoms with Gasteiger partial charge in [0, 0.05) is 17.5 Å². The molecular weight excluding hydrogens is 332 g/mol. The van der Waals surface area contributed by atoms with Crippen LogP contribution in [0.3, 0.4) is 0 Å². The zero-order valence-electron chi connectivity index (χ0n) is 13.4. The molecule has 2 atom stereocenters. The number of rotatable bonds is 5. The van der Waals surface area contributed by atoms with Crippen LogP contribution < -0.4 is 9.64 Å². The standard InChI is InChI=1S/C16H22N2O3S2/c1-3-9-18(12-5-7-13(8-6-12)21-4-2)16-17-14-10-23(19,20)11-15(14)22-16/h5-8,14-15H,3-4,9-11H2,1-2H3/t14-,15-/m1/s1. The molecule has 0 unspecified atom stereocenters. The largest absolute Gasteiger partial charge is 0.494 e. The van der Waals surface area contributed by atoms with Crippen molar-refractivity contribution in [1.29, 1.82) is 0 Å². The van der Waals surface area contributed by atoms with Gasteiger partial charge in [0.1, 0.15) is 5.75 Å². The van der Waals surface area contributed by atoms with E-state index in [0.717, 1.165) is 29.6 Å². The van der Waals surface area contributed by atoms with Gasteiger partial charge >= 0.3 is 0 Å². The number of ether oxygens (including phenoxy) is 1. The van der Waals surface area contributed by atoms with E-state index in [2.05, 4.69) is 11.8 Å². The van der Waals surface area contributed by atoms with Crippen molar-refractivity contribution in [3.63, 3.8) is 0 Å². The van der Waals surface area contributed by atoms with Crippen molar-refractivity contribution in [2.45, 2.75) is 31.6 Å². The van der Waals surface area contributed by atoms with Crippen molar-refractivity contribution in [3.05, 3.63) is 24.3 Å². The predicted octanol–water partition coefficient (Wildman–Crippen LogP) is 2.57. The van der Waals surface area contributed by atoms with Gasteiger partial charge in [0.2, 0.25) is 0 Å². The van der Waals surface area contributed by atoms with Crippen LogP contribution in [0.4, 0.5) is 5.69 Å². The second-order valence-electron chi connectivity index (χ2n) is 5.79. The van der Waals surface area contributed by atoms with Crippen LogP contribution in [-0.2, 0) is 9.84 Å². The van der Waals surface area contributed by atoms with Gasteiger partial charge in [0.05, 0.1) is 24.2 Å². The molecule has 3 rings (SSSR count). The molecule has 0 radical (unpaired) electrons. The molecule has 2 aliphatic heterocycles. The number of thioether (sulfide) groups is 1. The van der Waals surface area contributed by atoms with E-state index in [9.17, 15) is 8.42 Å². The summed E-state index contributed by atoms with van der Waals surface area (Å²) in [5.41, 5.74) is 1.07. The topological polar surface area (TPSA) is 59.0 Å². The van der Waals surface area contributed by atoms with Gasteiger partial charge in [-0.2, -0.15) is 0 Å². The summed E-state index contributed by atoms with van der Waals surface area (Å²) in [6.45, 7) is 5.62. The smallest absolute Gasteiger partial charge is 0.164 e. The van der Waals surface area contributed by atoms with E-state index in [0.29, 0.717) is 6.61 Å². The van der Waals surface area contributed by atoms with Crippen LogP contribution in [0.2, 0.25) is 0 Å². The SMILES string of the molecule is CCCN(C1=N[C@@H]2CS(=O)(=O)C[C@H]2S1)c1ccc(OCC)cc1. The second-order valence-corrected chi connectivity index (χ2v) is 9.15. The summed E-state index contributed by atoms with van der Waals surface area (Å²) in [5.74, 6) is 1.30. The van der Waals surface area contributed by atoms with Crippen molar-refractivity contribution < 1.29 is 13.2 Å². The molecule has 5 nitrogen and oxygen atoms in total. The Morgan fingerprint density at radius 3 is 2.61 bits per heavy atom. The second kappa shape index (κ2) is 6.73. The van der Waals surface area contributed by atoms with Crippen molar-refractivity contribution in [1.82, 2.24) is 0 Å². The molecule has 126 valence electrons. The predicted molar refractivity (Wildman–Crippen MR) is 96.5 cm³/mol. The first-order valence-corrected chi connectivity index (χ1v) is 10.7. The van der Waals surface area contributed by atoms with Gasteiger partial charge in [-0.05, 0) is 37.6 Å². The van der Waals surface area contributed by atoms with Gasteiger partial charge in [-0.3, -0.25) is 4.99 Å². The third-order valence-electron chi connectivity index (χ3n) is 3.94. The number of sulfone groups is 1. The Bertz CT molecular complexity index is 686. The molecule has 0 aliphatic carbocycles. The summed E-state index contributed by atoms with van der Waals surface area (Å²) in [4.78, 5) is 6.88. The molecule has 1 aromatic rings. The number of aliphatic imine (C=N–C) groups is 1. The summed E-state index contributed by atoms with van der Waals surface area (Å²) in [6.07, 6.45) is 1.00. The molecule has 1 fully saturated rings. The fourth-order valence-electron chi connectivity index (χ4n) is 2.92. The Kier molecular flexibility index (Phi) is 4.87. The molecule has 0 N–H and O–H groups in total. The molecule has 0 saturated carbocycles. The van der Waals surface area contributed by atoms with Gasteiger partial charge in [0.15, 0.2) is 15.0 Å². The quantitative estimate of drug-likeness (QED) is 0.813. The van der Waals surface area contributed by atoms with E-state index in [1.165, 1.54) is 0 Å². The minimum atomic E-state index is -2.91. The third-order valence-corrected chi connectivity index (χ3v) is 7.19. The van der Waals surface area contributed by atoms with Gasteiger partial charge in [-0.1, -0.05) is 18.7 Å². The Hall–Kier alpha value is -1.21. The number of hydrogen-bond acceptors (Lipinski definition) is 6. The Morgan fingerprint density at radius 2 is 2.00 bits per heavy atom. The van der Waals surface area contributed by atoms with E-state index in [-0.39, 0.29) is 22.8 Å². The molecule has 2 heterocycles. The van der Waals surface area contributed by atoms with E-state index in [4.69, 9.17) is 9.73 Å². The fraction of sp³-hybridized carbons (Fsp3) is 0.562. The lowest BCUT2D eigenvalue weighted by Gasteiger charge is -2.24. The number of benzene rings is 1. The lowest BCUT2D eigenvalue weighted by Crippen LogP contribution is -2.29. The van der Waals surface area contributed by atoms with Crippen LogP contribution in [0.15, 0.2) is 29.3 Å². The van der Waals surface area contributed by atoms with E-state index in [1.54, 1.807) is 11.8 Å². The number of hydrogen-bond donors (Lipinski definition) is 0. The van der Waals surface area contributed by atoms with Crippen LogP contribution in [-0.4, -0.2) is 49.5 Å². The monoisotopic (exact) mass is 354 g/mol. The lowest BCUT2D eigenvalue weighted by atomic mass is 10.2. The number of amidine groups is 1. The summed E-state index contributed by atoms with van der Waals surface area (Å²) in [7, 11) is -2.91. The Balaban J connectivity index is 1.80. The van der Waals surface area contributed by atoms with Gasteiger partial charge in [-0.15, -0.1) is 0 Å². The molecule has 0 spiro atoms. The first-order chi connectivity index (χ1) is 11.0. The highest BCUT2D eigenvalue weighted by Crippen LogP contribution is 2.37. The molecule has 0 bridgehead atoms. The van der Waals surface area contributed by atoms with Crippen LogP contribution in [0.25, 0.3) is 0 Å². The first kappa shape index (κ1) is 16.6. The lowest BCUT2D eigenvalue weighted by molar-refractivity contribution is 0.340. The molecule has 1 aromatic carbocycles. The normalized spacial score (nSPS) is 25.0. The van der Waals surface area contributed by atoms with Crippen LogP contribution in [0, 0.1) is 0 Å². The highest BCUT2D eigenvalue weighted by atomic mass is 32.2. The summed E-state index contributed by atoms with van der Waals surface area (Å²) < 4.78 is 28.9. The molecule has 0 amide bonds. The van der Waals surface area contributed by atoms with Crippen molar-refractivity contribution >= 4 is 32.5 Å². The molecule has 1 saturated heterocycles. The molecule has 0 aromatic heterocycles. The molecular formula is C16H22N2O3S2. The minimum absolute atomic E-state index is 0.0806. The minimum Gasteiger partial charge on any atom is -0.494 e. The summed E-state index contributed by atoms with van der Waals surface area (Å²) in [6, 6.07) is 7.92. The van der Waals surface area contributed by atoms with Crippen molar-refractivity contribution in [2.24, 2.45) is 4.99 Å².